The number of benzene rings is 7. The largest absolute Gasteiger partial charge is 0.507 e. The average Bonchev–Trinajstić information content (AvgIpc) is 3.85. The summed E-state index contributed by atoms with van der Waals surface area (Å²) < 4.78 is 9.55. The Bertz CT molecular complexity index is 3360. The molecule has 2 bridgehead atoms. The molecule has 13 rings (SSSR count). The Labute approximate surface area is 375 Å². The zero-order valence-electron chi connectivity index (χ0n) is 34.8. The molecule has 10 aromatic rings. The number of phenolic OH excluding ortho intramolecular Hbond substituents is 1. The van der Waals surface area contributed by atoms with Gasteiger partial charge in [-0.2, -0.15) is 0 Å². The van der Waals surface area contributed by atoms with Crippen LogP contribution in [0.2, 0.25) is 0 Å². The first kappa shape index (κ1) is 38.4. The molecular formula is C56H42N3O2Pt-. The van der Waals surface area contributed by atoms with E-state index in [2.05, 4.69) is 148 Å². The number of phenols is 1. The molecule has 3 aromatic heterocycles. The van der Waals surface area contributed by atoms with Crippen LogP contribution in [0.3, 0.4) is 0 Å². The van der Waals surface area contributed by atoms with Gasteiger partial charge in [-0.1, -0.05) is 136 Å². The molecule has 5 nitrogen and oxygen atoms in total. The molecule has 304 valence electrons. The predicted molar refractivity (Wildman–Crippen MR) is 246 cm³/mol. The van der Waals surface area contributed by atoms with Gasteiger partial charge in [0.2, 0.25) is 0 Å². The maximum Gasteiger partial charge on any atom is 0.124 e. The predicted octanol–water partition coefficient (Wildman–Crippen LogP) is 14.1. The molecule has 0 saturated heterocycles. The number of nitrogens with zero attached hydrogens (tertiary/aromatic N) is 3. The van der Waals surface area contributed by atoms with Crippen molar-refractivity contribution >= 4 is 33.0 Å². The second-order valence-electron chi connectivity index (χ2n) is 17.3. The van der Waals surface area contributed by atoms with Crippen LogP contribution in [-0.2, 0) is 21.1 Å². The minimum absolute atomic E-state index is 0. The topological polar surface area (TPSA) is 64.1 Å². The summed E-state index contributed by atoms with van der Waals surface area (Å²) in [7, 11) is 0. The molecule has 62 heavy (non-hydrogen) atoms. The smallest absolute Gasteiger partial charge is 0.124 e. The SMILES string of the molecule is CC(C)c1cccc(C(C)C)c1-n1c(-c2[c-]c(-c3cccc(-c4ccccc4O)n3)cc3c2oc2cc4c(cc23)C2c3ccccc3C4c3ccccc32)nc2ccccc21.[Pt]. The van der Waals surface area contributed by atoms with E-state index < -0.39 is 0 Å². The standard InChI is InChI=1S/C56H42N3O2.Pt/c1-31(2)34-20-13-21-35(32(3)4)54(34)59-49-25-11-10-22-48(49)58-56(59)45-28-33(46-23-14-24-47(57-46)40-19-9-12-26-50(40)60)27-44-41-29-42-43(30-51(41)61-55(44)45)53-38-17-7-5-15-36(38)52(42)37-16-6-8-18-39(37)53;/h5-27,29-32,52-53,60H,1-4H3;/q-1;. The molecule has 0 spiro atoms. The van der Waals surface area contributed by atoms with Crippen molar-refractivity contribution in [3.8, 4) is 45.3 Å². The average molecular weight is 984 g/mol. The molecule has 0 amide bonds. The number of pyridine rings is 1. The van der Waals surface area contributed by atoms with Crippen molar-refractivity contribution in [2.45, 2.75) is 51.4 Å². The van der Waals surface area contributed by atoms with Gasteiger partial charge in [0.15, 0.2) is 0 Å². The number of hydrogen-bond donors (Lipinski definition) is 1. The van der Waals surface area contributed by atoms with E-state index in [1.807, 2.05) is 36.4 Å². The minimum Gasteiger partial charge on any atom is -0.507 e. The van der Waals surface area contributed by atoms with Gasteiger partial charge in [0.25, 0.3) is 0 Å². The summed E-state index contributed by atoms with van der Waals surface area (Å²) in [6, 6.07) is 57.1. The van der Waals surface area contributed by atoms with E-state index in [0.29, 0.717) is 11.3 Å². The summed E-state index contributed by atoms with van der Waals surface area (Å²) in [5.74, 6) is 1.73. The van der Waals surface area contributed by atoms with Crippen LogP contribution in [-0.4, -0.2) is 19.6 Å². The van der Waals surface area contributed by atoms with E-state index in [9.17, 15) is 5.11 Å². The molecule has 0 unspecified atom stereocenters. The normalized spacial score (nSPS) is 15.0. The minimum atomic E-state index is 0. The maximum atomic E-state index is 10.9. The number of hydrogen-bond acceptors (Lipinski definition) is 4. The van der Waals surface area contributed by atoms with Gasteiger partial charge < -0.3 is 14.1 Å². The second kappa shape index (κ2) is 14.5. The molecular weight excluding hydrogens is 942 g/mol. The Kier molecular flexibility index (Phi) is 9.00. The van der Waals surface area contributed by atoms with Crippen molar-refractivity contribution in [1.29, 1.82) is 0 Å². The number of rotatable bonds is 6. The van der Waals surface area contributed by atoms with Crippen LogP contribution in [0.25, 0.3) is 72.6 Å². The van der Waals surface area contributed by atoms with E-state index in [-0.39, 0.29) is 50.5 Å². The number of aromatic hydroxyl groups is 1. The van der Waals surface area contributed by atoms with E-state index in [4.69, 9.17) is 14.4 Å². The van der Waals surface area contributed by atoms with Gasteiger partial charge in [0, 0.05) is 55.2 Å². The maximum absolute atomic E-state index is 10.9. The number of furan rings is 1. The number of fused-ring (bicyclic) bond motifs is 4. The van der Waals surface area contributed by atoms with Gasteiger partial charge in [-0.25, -0.2) is 0 Å². The first-order valence-corrected chi connectivity index (χ1v) is 21.3. The van der Waals surface area contributed by atoms with Crippen molar-refractivity contribution in [2.24, 2.45) is 0 Å². The fraction of sp³-hybridized carbons (Fsp3) is 0.143. The number of aromatic nitrogens is 3. The van der Waals surface area contributed by atoms with Crippen molar-refractivity contribution in [3.63, 3.8) is 0 Å². The van der Waals surface area contributed by atoms with Crippen molar-refractivity contribution in [1.82, 2.24) is 14.5 Å². The Morgan fingerprint density at radius 1 is 0.581 bits per heavy atom. The third-order valence-electron chi connectivity index (χ3n) is 13.1. The zero-order chi connectivity index (χ0) is 41.1. The van der Waals surface area contributed by atoms with Crippen LogP contribution >= 0.6 is 0 Å². The Balaban J connectivity index is 0.00000432. The number of para-hydroxylation sites is 4. The van der Waals surface area contributed by atoms with E-state index in [0.717, 1.165) is 61.3 Å². The van der Waals surface area contributed by atoms with Crippen molar-refractivity contribution < 1.29 is 30.6 Å². The third kappa shape index (κ3) is 5.64. The Hall–Kier alpha value is -6.55. The van der Waals surface area contributed by atoms with Crippen LogP contribution in [0, 0.1) is 6.07 Å². The monoisotopic (exact) mass is 983 g/mol. The van der Waals surface area contributed by atoms with Crippen LogP contribution in [0.15, 0.2) is 156 Å². The number of imidazole rings is 1. The fourth-order valence-corrected chi connectivity index (χ4v) is 10.4. The molecule has 3 aliphatic rings. The van der Waals surface area contributed by atoms with Gasteiger partial charge in [-0.15, -0.1) is 12.1 Å². The molecule has 6 heteroatoms. The summed E-state index contributed by atoms with van der Waals surface area (Å²) in [6.07, 6.45) is 0. The molecule has 0 aliphatic heterocycles. The van der Waals surface area contributed by atoms with E-state index in [1.54, 1.807) is 6.07 Å². The summed E-state index contributed by atoms with van der Waals surface area (Å²) in [4.78, 5) is 10.7. The molecule has 0 atom stereocenters. The van der Waals surface area contributed by atoms with Gasteiger partial charge in [-0.3, -0.25) is 9.97 Å². The zero-order valence-corrected chi connectivity index (χ0v) is 37.0. The van der Waals surface area contributed by atoms with E-state index >= 15 is 0 Å². The molecule has 3 aliphatic carbocycles. The second-order valence-corrected chi connectivity index (χ2v) is 17.3. The molecule has 0 saturated carbocycles. The molecule has 0 radical (unpaired) electrons. The molecule has 0 fully saturated rings. The summed E-state index contributed by atoms with van der Waals surface area (Å²) >= 11 is 0. The quantitative estimate of drug-likeness (QED) is 0.169. The van der Waals surface area contributed by atoms with Gasteiger partial charge in [-0.05, 0) is 110 Å². The molecule has 3 heterocycles. The summed E-state index contributed by atoms with van der Waals surface area (Å²) in [5, 5.41) is 12.9. The van der Waals surface area contributed by atoms with Crippen LogP contribution in [0.5, 0.6) is 5.75 Å². The first-order chi connectivity index (χ1) is 29.8. The van der Waals surface area contributed by atoms with Gasteiger partial charge in [0.05, 0.1) is 28.1 Å². The van der Waals surface area contributed by atoms with E-state index in [1.165, 1.54) is 44.5 Å². The Morgan fingerprint density at radius 3 is 1.82 bits per heavy atom. The fourth-order valence-electron chi connectivity index (χ4n) is 10.4. The molecule has 7 aromatic carbocycles. The van der Waals surface area contributed by atoms with Gasteiger partial charge in [0.1, 0.15) is 11.3 Å². The van der Waals surface area contributed by atoms with Crippen LogP contribution in [0.1, 0.15) is 95.9 Å². The van der Waals surface area contributed by atoms with Crippen molar-refractivity contribution in [3.05, 3.63) is 202 Å². The Morgan fingerprint density at radius 2 is 1.16 bits per heavy atom. The van der Waals surface area contributed by atoms with Crippen LogP contribution in [0.4, 0.5) is 0 Å². The molecule has 1 N–H and O–H groups in total. The first-order valence-electron chi connectivity index (χ1n) is 21.3. The van der Waals surface area contributed by atoms with Gasteiger partial charge >= 0.3 is 0 Å². The summed E-state index contributed by atoms with van der Waals surface area (Å²) in [6.45, 7) is 9.06. The third-order valence-corrected chi connectivity index (χ3v) is 13.1. The van der Waals surface area contributed by atoms with Crippen LogP contribution < -0.4 is 0 Å². The summed E-state index contributed by atoms with van der Waals surface area (Å²) in [5.41, 5.74) is 19.0. The van der Waals surface area contributed by atoms with Crippen molar-refractivity contribution in [2.75, 3.05) is 0 Å².